The standard InChI is InChI=1S/C19H29N7O/c1-15-12-17(26-19(22-15)20-14-21-26)24-8-10-25(11-9-24)18(27)6-5-16-4-3-7-23(2)13-16/h12,14,16H,3-11,13H2,1-2H3. The van der Waals surface area contributed by atoms with E-state index in [2.05, 4.69) is 31.9 Å². The summed E-state index contributed by atoms with van der Waals surface area (Å²) < 4.78 is 1.78. The normalized spacial score (nSPS) is 21.8. The van der Waals surface area contributed by atoms with Crippen LogP contribution >= 0.6 is 0 Å². The van der Waals surface area contributed by atoms with E-state index in [0.29, 0.717) is 24.0 Å². The molecule has 2 aliphatic heterocycles. The van der Waals surface area contributed by atoms with E-state index in [1.807, 2.05) is 17.9 Å². The highest BCUT2D eigenvalue weighted by Crippen LogP contribution is 2.22. The van der Waals surface area contributed by atoms with Gasteiger partial charge >= 0.3 is 0 Å². The zero-order valence-corrected chi connectivity index (χ0v) is 16.3. The van der Waals surface area contributed by atoms with Gasteiger partial charge in [-0.3, -0.25) is 4.79 Å². The zero-order valence-electron chi connectivity index (χ0n) is 16.3. The number of aryl methyl sites for hydroxylation is 1. The summed E-state index contributed by atoms with van der Waals surface area (Å²) in [5.74, 6) is 2.61. The Morgan fingerprint density at radius 1 is 1.22 bits per heavy atom. The SMILES string of the molecule is Cc1cc(N2CCN(C(=O)CCC3CCCN(C)C3)CC2)n2ncnc2n1. The van der Waals surface area contributed by atoms with Crippen molar-refractivity contribution in [3.05, 3.63) is 18.1 Å². The van der Waals surface area contributed by atoms with Gasteiger partial charge in [-0.1, -0.05) is 0 Å². The van der Waals surface area contributed by atoms with Crippen molar-refractivity contribution in [2.45, 2.75) is 32.6 Å². The number of anilines is 1. The van der Waals surface area contributed by atoms with Gasteiger partial charge in [-0.25, -0.2) is 4.98 Å². The molecule has 146 valence electrons. The molecule has 0 bridgehead atoms. The largest absolute Gasteiger partial charge is 0.353 e. The highest BCUT2D eigenvalue weighted by molar-refractivity contribution is 5.76. The van der Waals surface area contributed by atoms with Gasteiger partial charge in [0.15, 0.2) is 0 Å². The number of amides is 1. The fourth-order valence-corrected chi connectivity index (χ4v) is 4.32. The monoisotopic (exact) mass is 371 g/mol. The second-order valence-electron chi connectivity index (χ2n) is 7.90. The molecule has 2 saturated heterocycles. The molecule has 8 nitrogen and oxygen atoms in total. The van der Waals surface area contributed by atoms with Crippen LogP contribution in [0.25, 0.3) is 5.78 Å². The van der Waals surface area contributed by atoms with Gasteiger partial charge in [-0.2, -0.15) is 14.6 Å². The molecule has 0 aliphatic carbocycles. The Morgan fingerprint density at radius 2 is 2.04 bits per heavy atom. The third-order valence-electron chi connectivity index (χ3n) is 5.81. The van der Waals surface area contributed by atoms with Gasteiger partial charge in [0.25, 0.3) is 5.78 Å². The van der Waals surface area contributed by atoms with Gasteiger partial charge in [0.05, 0.1) is 0 Å². The average molecular weight is 371 g/mol. The Morgan fingerprint density at radius 3 is 2.81 bits per heavy atom. The number of hydrogen-bond acceptors (Lipinski definition) is 6. The van der Waals surface area contributed by atoms with Crippen molar-refractivity contribution >= 4 is 17.5 Å². The number of piperidine rings is 1. The minimum absolute atomic E-state index is 0.305. The molecular formula is C19H29N7O. The highest BCUT2D eigenvalue weighted by atomic mass is 16.2. The molecule has 2 fully saturated rings. The molecule has 0 aromatic carbocycles. The van der Waals surface area contributed by atoms with Crippen LogP contribution in [0.2, 0.25) is 0 Å². The number of rotatable bonds is 4. The molecule has 2 aromatic heterocycles. The molecule has 0 radical (unpaired) electrons. The van der Waals surface area contributed by atoms with E-state index in [9.17, 15) is 4.79 Å². The van der Waals surface area contributed by atoms with E-state index >= 15 is 0 Å². The molecule has 8 heteroatoms. The van der Waals surface area contributed by atoms with Crippen molar-refractivity contribution in [3.63, 3.8) is 0 Å². The Hall–Kier alpha value is -2.22. The lowest BCUT2D eigenvalue weighted by Gasteiger charge is -2.36. The van der Waals surface area contributed by atoms with Crippen LogP contribution in [0, 0.1) is 12.8 Å². The van der Waals surface area contributed by atoms with Crippen LogP contribution in [0.15, 0.2) is 12.4 Å². The topological polar surface area (TPSA) is 69.9 Å². The summed E-state index contributed by atoms with van der Waals surface area (Å²) in [6.07, 6.45) is 5.76. The maximum absolute atomic E-state index is 12.6. The number of likely N-dealkylation sites (tertiary alicyclic amines) is 1. The van der Waals surface area contributed by atoms with Crippen LogP contribution in [-0.4, -0.2) is 81.6 Å². The molecule has 4 rings (SSSR count). The third kappa shape index (κ3) is 4.05. The first-order valence-electron chi connectivity index (χ1n) is 9.99. The van der Waals surface area contributed by atoms with Gasteiger partial charge in [-0.15, -0.1) is 0 Å². The molecule has 0 spiro atoms. The first kappa shape index (κ1) is 18.2. The predicted molar refractivity (Wildman–Crippen MR) is 104 cm³/mol. The highest BCUT2D eigenvalue weighted by Gasteiger charge is 2.24. The van der Waals surface area contributed by atoms with Crippen molar-refractivity contribution in [1.82, 2.24) is 29.4 Å². The number of fused-ring (bicyclic) bond motifs is 1. The molecule has 1 atom stereocenters. The number of nitrogens with zero attached hydrogens (tertiary/aromatic N) is 7. The molecule has 27 heavy (non-hydrogen) atoms. The third-order valence-corrected chi connectivity index (χ3v) is 5.81. The first-order valence-corrected chi connectivity index (χ1v) is 9.99. The van der Waals surface area contributed by atoms with E-state index in [-0.39, 0.29) is 0 Å². The molecule has 2 aromatic rings. The molecular weight excluding hydrogens is 342 g/mol. The van der Waals surface area contributed by atoms with Crippen LogP contribution in [0.3, 0.4) is 0 Å². The Balaban J connectivity index is 1.32. The second kappa shape index (κ2) is 7.80. The molecule has 1 unspecified atom stereocenters. The number of carbonyl (C=O) groups excluding carboxylic acids is 1. The van der Waals surface area contributed by atoms with E-state index in [1.54, 1.807) is 4.52 Å². The average Bonchev–Trinajstić information content (AvgIpc) is 3.14. The molecule has 1 amide bonds. The van der Waals surface area contributed by atoms with Crippen LogP contribution in [0.5, 0.6) is 0 Å². The van der Waals surface area contributed by atoms with E-state index < -0.39 is 0 Å². The predicted octanol–water partition coefficient (Wildman–Crippen LogP) is 1.20. The van der Waals surface area contributed by atoms with Crippen LogP contribution < -0.4 is 4.90 Å². The number of carbonyl (C=O) groups is 1. The van der Waals surface area contributed by atoms with Crippen molar-refractivity contribution in [2.24, 2.45) is 5.92 Å². The summed E-state index contributed by atoms with van der Waals surface area (Å²) in [7, 11) is 2.18. The summed E-state index contributed by atoms with van der Waals surface area (Å²) in [6.45, 7) is 7.46. The fourth-order valence-electron chi connectivity index (χ4n) is 4.32. The van der Waals surface area contributed by atoms with Gasteiger partial charge in [-0.05, 0) is 45.7 Å². The van der Waals surface area contributed by atoms with Crippen molar-refractivity contribution in [3.8, 4) is 0 Å². The summed E-state index contributed by atoms with van der Waals surface area (Å²) >= 11 is 0. The maximum Gasteiger partial charge on any atom is 0.254 e. The quantitative estimate of drug-likeness (QED) is 0.804. The van der Waals surface area contributed by atoms with E-state index in [0.717, 1.165) is 50.7 Å². The number of hydrogen-bond donors (Lipinski definition) is 0. The molecule has 0 N–H and O–H groups in total. The lowest BCUT2D eigenvalue weighted by atomic mass is 9.93. The maximum atomic E-state index is 12.6. The van der Waals surface area contributed by atoms with Gasteiger partial charge < -0.3 is 14.7 Å². The van der Waals surface area contributed by atoms with Gasteiger partial charge in [0, 0.05) is 50.9 Å². The summed E-state index contributed by atoms with van der Waals surface area (Å²) in [4.78, 5) is 27.9. The summed E-state index contributed by atoms with van der Waals surface area (Å²) in [5.41, 5.74) is 0.932. The summed E-state index contributed by atoms with van der Waals surface area (Å²) in [6, 6.07) is 2.04. The minimum atomic E-state index is 0.305. The van der Waals surface area contributed by atoms with Gasteiger partial charge in [0.1, 0.15) is 12.1 Å². The number of piperazine rings is 1. The minimum Gasteiger partial charge on any atom is -0.353 e. The molecule has 2 aliphatic rings. The fraction of sp³-hybridized carbons (Fsp3) is 0.684. The van der Waals surface area contributed by atoms with Gasteiger partial charge in [0.2, 0.25) is 5.91 Å². The lowest BCUT2D eigenvalue weighted by Crippen LogP contribution is -2.49. The van der Waals surface area contributed by atoms with Crippen LogP contribution in [0.4, 0.5) is 5.82 Å². The number of aromatic nitrogens is 4. The van der Waals surface area contributed by atoms with Crippen molar-refractivity contribution < 1.29 is 4.79 Å². The van der Waals surface area contributed by atoms with Crippen molar-refractivity contribution in [2.75, 3.05) is 51.2 Å². The Kier molecular flexibility index (Phi) is 5.24. The Labute approximate surface area is 160 Å². The van der Waals surface area contributed by atoms with E-state index in [1.165, 1.54) is 25.7 Å². The van der Waals surface area contributed by atoms with Crippen LogP contribution in [-0.2, 0) is 4.79 Å². The lowest BCUT2D eigenvalue weighted by molar-refractivity contribution is -0.131. The Bertz CT molecular complexity index is 796. The molecule has 0 saturated carbocycles. The molecule has 4 heterocycles. The van der Waals surface area contributed by atoms with Crippen molar-refractivity contribution in [1.29, 1.82) is 0 Å². The second-order valence-corrected chi connectivity index (χ2v) is 7.90. The first-order chi connectivity index (χ1) is 13.1. The van der Waals surface area contributed by atoms with Crippen LogP contribution in [0.1, 0.15) is 31.4 Å². The van der Waals surface area contributed by atoms with E-state index in [4.69, 9.17) is 0 Å². The summed E-state index contributed by atoms with van der Waals surface area (Å²) in [5, 5.41) is 4.29. The smallest absolute Gasteiger partial charge is 0.254 e. The zero-order chi connectivity index (χ0) is 18.8.